The molecular formula is C25H19F3IN3O2S. The van der Waals surface area contributed by atoms with E-state index in [4.69, 9.17) is 12.2 Å². The Bertz CT molecular complexity index is 1250. The quantitative estimate of drug-likeness (QED) is 0.282. The predicted octanol–water partition coefficient (Wildman–Crippen LogP) is 5.84. The Balaban J connectivity index is 1.63. The van der Waals surface area contributed by atoms with Crippen molar-refractivity contribution in [3.05, 3.63) is 93.6 Å². The van der Waals surface area contributed by atoms with E-state index in [2.05, 4.69) is 27.9 Å². The predicted molar refractivity (Wildman–Crippen MR) is 140 cm³/mol. The Morgan fingerprint density at radius 1 is 1.00 bits per heavy atom. The fraction of sp³-hybridized carbons (Fsp3) is 0.160. The number of hydrogen-bond donors (Lipinski definition) is 1. The van der Waals surface area contributed by atoms with Gasteiger partial charge >= 0.3 is 6.18 Å². The van der Waals surface area contributed by atoms with E-state index in [9.17, 15) is 22.8 Å². The summed E-state index contributed by atoms with van der Waals surface area (Å²) in [4.78, 5) is 28.9. The molecule has 1 atom stereocenters. The van der Waals surface area contributed by atoms with Crippen LogP contribution in [0.4, 0.5) is 24.5 Å². The molecule has 180 valence electrons. The molecule has 1 N–H and O–H groups in total. The molecule has 1 unspecified atom stereocenters. The van der Waals surface area contributed by atoms with Crippen LogP contribution in [0.5, 0.6) is 0 Å². The zero-order valence-corrected chi connectivity index (χ0v) is 21.1. The van der Waals surface area contributed by atoms with Crippen LogP contribution in [0.2, 0.25) is 0 Å². The minimum Gasteiger partial charge on any atom is -0.332 e. The number of anilines is 2. The normalized spacial score (nSPS) is 16.1. The molecule has 2 amide bonds. The molecule has 4 rings (SSSR count). The molecule has 0 aromatic heterocycles. The first kappa shape index (κ1) is 25.1. The first-order valence-electron chi connectivity index (χ1n) is 10.5. The van der Waals surface area contributed by atoms with Gasteiger partial charge in [0.2, 0.25) is 5.91 Å². The number of benzene rings is 3. The number of thiocarbonyl (C=S) groups is 1. The molecule has 1 aliphatic heterocycles. The molecular weight excluding hydrogens is 590 g/mol. The lowest BCUT2D eigenvalue weighted by molar-refractivity contribution is -0.137. The van der Waals surface area contributed by atoms with Crippen LogP contribution in [0, 0.1) is 3.57 Å². The SMILES string of the molecule is O=C(CC1C(=O)N(c2cccc(C(F)(F)F)c2)C(=S)N1Cc1ccccc1)Nc1ccc(I)cc1. The third-order valence-electron chi connectivity index (χ3n) is 5.45. The average molecular weight is 609 g/mol. The Labute approximate surface area is 219 Å². The summed E-state index contributed by atoms with van der Waals surface area (Å²) in [6.07, 6.45) is -4.79. The highest BCUT2D eigenvalue weighted by Gasteiger charge is 2.44. The van der Waals surface area contributed by atoms with Crippen molar-refractivity contribution in [3.63, 3.8) is 0 Å². The van der Waals surface area contributed by atoms with Crippen LogP contribution in [0.25, 0.3) is 0 Å². The van der Waals surface area contributed by atoms with E-state index in [1.165, 1.54) is 12.1 Å². The van der Waals surface area contributed by atoms with Gasteiger partial charge in [-0.3, -0.25) is 14.5 Å². The number of carbonyl (C=O) groups is 2. The Morgan fingerprint density at radius 2 is 1.69 bits per heavy atom. The lowest BCUT2D eigenvalue weighted by Crippen LogP contribution is -2.37. The number of alkyl halides is 3. The summed E-state index contributed by atoms with van der Waals surface area (Å²) in [7, 11) is 0. The van der Waals surface area contributed by atoms with E-state index < -0.39 is 29.6 Å². The third-order valence-corrected chi connectivity index (χ3v) is 6.59. The summed E-state index contributed by atoms with van der Waals surface area (Å²) >= 11 is 7.70. The fourth-order valence-corrected chi connectivity index (χ4v) is 4.52. The van der Waals surface area contributed by atoms with Gasteiger partial charge in [0, 0.05) is 15.8 Å². The first-order chi connectivity index (χ1) is 16.6. The molecule has 0 aliphatic carbocycles. The molecule has 1 fully saturated rings. The number of carbonyl (C=O) groups excluding carboxylic acids is 2. The van der Waals surface area contributed by atoms with Crippen molar-refractivity contribution >= 4 is 63.1 Å². The van der Waals surface area contributed by atoms with Crippen LogP contribution in [0.15, 0.2) is 78.9 Å². The van der Waals surface area contributed by atoms with Crippen LogP contribution in [0.3, 0.4) is 0 Å². The van der Waals surface area contributed by atoms with Gasteiger partial charge in [0.1, 0.15) is 6.04 Å². The molecule has 3 aromatic rings. The van der Waals surface area contributed by atoms with Gasteiger partial charge in [0.25, 0.3) is 5.91 Å². The van der Waals surface area contributed by atoms with E-state index in [0.29, 0.717) is 5.69 Å². The molecule has 0 bridgehead atoms. The smallest absolute Gasteiger partial charge is 0.332 e. The number of nitrogens with one attached hydrogen (secondary N) is 1. The van der Waals surface area contributed by atoms with Crippen molar-refractivity contribution in [1.29, 1.82) is 0 Å². The molecule has 1 saturated heterocycles. The average Bonchev–Trinajstić information content (AvgIpc) is 3.04. The van der Waals surface area contributed by atoms with Gasteiger partial charge in [-0.2, -0.15) is 13.2 Å². The van der Waals surface area contributed by atoms with E-state index in [1.807, 2.05) is 42.5 Å². The van der Waals surface area contributed by atoms with Gasteiger partial charge in [-0.25, -0.2) is 0 Å². The Morgan fingerprint density at radius 3 is 2.34 bits per heavy atom. The zero-order chi connectivity index (χ0) is 25.2. The third kappa shape index (κ3) is 5.81. The number of halogens is 4. The maximum Gasteiger partial charge on any atom is 0.416 e. The molecule has 3 aromatic carbocycles. The highest BCUT2D eigenvalue weighted by molar-refractivity contribution is 14.1. The molecule has 35 heavy (non-hydrogen) atoms. The number of amides is 2. The number of nitrogens with zero attached hydrogens (tertiary/aromatic N) is 2. The zero-order valence-electron chi connectivity index (χ0n) is 18.1. The van der Waals surface area contributed by atoms with E-state index in [-0.39, 0.29) is 23.8 Å². The molecule has 0 spiro atoms. The van der Waals surface area contributed by atoms with Crippen molar-refractivity contribution in [2.45, 2.75) is 25.2 Å². The van der Waals surface area contributed by atoms with Crippen LogP contribution < -0.4 is 10.2 Å². The summed E-state index contributed by atoms with van der Waals surface area (Å²) in [5, 5.41) is 2.81. The van der Waals surface area contributed by atoms with Crippen molar-refractivity contribution in [2.75, 3.05) is 10.2 Å². The largest absolute Gasteiger partial charge is 0.416 e. The monoisotopic (exact) mass is 609 g/mol. The van der Waals surface area contributed by atoms with Gasteiger partial charge in [0.15, 0.2) is 5.11 Å². The molecule has 1 aliphatic rings. The summed E-state index contributed by atoms with van der Waals surface area (Å²) in [6.45, 7) is 0.225. The van der Waals surface area contributed by atoms with Crippen molar-refractivity contribution in [2.24, 2.45) is 0 Å². The van der Waals surface area contributed by atoms with Crippen molar-refractivity contribution < 1.29 is 22.8 Å². The Hall–Kier alpha value is -2.99. The summed E-state index contributed by atoms with van der Waals surface area (Å²) < 4.78 is 40.9. The maximum atomic E-state index is 13.4. The highest BCUT2D eigenvalue weighted by atomic mass is 127. The van der Waals surface area contributed by atoms with Crippen LogP contribution >= 0.6 is 34.8 Å². The van der Waals surface area contributed by atoms with Gasteiger partial charge in [-0.05, 0) is 82.8 Å². The minimum atomic E-state index is -4.57. The molecule has 0 radical (unpaired) electrons. The maximum absolute atomic E-state index is 13.4. The molecule has 1 heterocycles. The summed E-state index contributed by atoms with van der Waals surface area (Å²) in [5.41, 5.74) is 0.540. The van der Waals surface area contributed by atoms with Crippen LogP contribution in [-0.4, -0.2) is 27.9 Å². The number of rotatable bonds is 6. The van der Waals surface area contributed by atoms with Crippen LogP contribution in [-0.2, 0) is 22.3 Å². The Kier molecular flexibility index (Phi) is 7.41. The summed E-state index contributed by atoms with van der Waals surface area (Å²) in [6, 6.07) is 19.9. The molecule has 10 heteroatoms. The second kappa shape index (κ2) is 10.3. The lowest BCUT2D eigenvalue weighted by Gasteiger charge is -2.24. The number of hydrogen-bond acceptors (Lipinski definition) is 3. The fourth-order valence-electron chi connectivity index (χ4n) is 3.77. The lowest BCUT2D eigenvalue weighted by atomic mass is 10.1. The van der Waals surface area contributed by atoms with Gasteiger partial charge < -0.3 is 10.2 Å². The molecule has 5 nitrogen and oxygen atoms in total. The van der Waals surface area contributed by atoms with E-state index in [1.54, 1.807) is 17.0 Å². The van der Waals surface area contributed by atoms with E-state index >= 15 is 0 Å². The van der Waals surface area contributed by atoms with E-state index in [0.717, 1.165) is 26.2 Å². The first-order valence-corrected chi connectivity index (χ1v) is 12.0. The topological polar surface area (TPSA) is 52.7 Å². The van der Waals surface area contributed by atoms with Gasteiger partial charge in [-0.15, -0.1) is 0 Å². The van der Waals surface area contributed by atoms with Gasteiger partial charge in [-0.1, -0.05) is 36.4 Å². The molecule has 0 saturated carbocycles. The van der Waals surface area contributed by atoms with Crippen LogP contribution in [0.1, 0.15) is 17.5 Å². The van der Waals surface area contributed by atoms with Crippen molar-refractivity contribution in [3.8, 4) is 0 Å². The second-order valence-electron chi connectivity index (χ2n) is 7.89. The van der Waals surface area contributed by atoms with Crippen molar-refractivity contribution in [1.82, 2.24) is 4.90 Å². The highest BCUT2D eigenvalue weighted by Crippen LogP contribution is 2.34. The minimum absolute atomic E-state index is 0.00781. The second-order valence-corrected chi connectivity index (χ2v) is 9.50. The summed E-state index contributed by atoms with van der Waals surface area (Å²) in [5.74, 6) is -0.959. The standard InChI is InChI=1S/C25H19F3IN3O2S/c26-25(27,28)17-7-4-8-20(13-17)32-23(34)21(14-22(33)30-19-11-9-18(29)10-12-19)31(24(32)35)15-16-5-2-1-3-6-16/h1-13,21H,14-15H2,(H,30,33). The van der Waals surface area contributed by atoms with Gasteiger partial charge in [0.05, 0.1) is 17.7 Å².